The van der Waals surface area contributed by atoms with Crippen LogP contribution in [0.2, 0.25) is 5.02 Å². The molecule has 0 aliphatic rings. The summed E-state index contributed by atoms with van der Waals surface area (Å²) in [6.45, 7) is 0. The molecule has 0 aromatic heterocycles. The van der Waals surface area contributed by atoms with Crippen LogP contribution in [0.25, 0.3) is 0 Å². The van der Waals surface area contributed by atoms with Crippen LogP contribution in [0, 0.1) is 0 Å². The van der Waals surface area contributed by atoms with Crippen molar-refractivity contribution in [3.63, 3.8) is 0 Å². The highest BCUT2D eigenvalue weighted by molar-refractivity contribution is 6.30. The first-order valence-electron chi connectivity index (χ1n) is 3.68. The van der Waals surface area contributed by atoms with Crippen LogP contribution in [0.4, 0.5) is 0 Å². The van der Waals surface area contributed by atoms with Gasteiger partial charge in [-0.1, -0.05) is 23.7 Å². The number of hydrogen-bond donors (Lipinski definition) is 1. The number of nitrogens with zero attached hydrogens (tertiary/aromatic N) is 1. The van der Waals surface area contributed by atoms with E-state index in [-0.39, 0.29) is 0 Å². The van der Waals surface area contributed by atoms with E-state index in [9.17, 15) is 0 Å². The number of rotatable bonds is 2. The van der Waals surface area contributed by atoms with Crippen LogP contribution in [0.3, 0.4) is 0 Å². The van der Waals surface area contributed by atoms with Crippen LogP contribution in [0.15, 0.2) is 29.3 Å². The molecular formula is C9H11ClN2. The smallest absolute Gasteiger partial charge is 0.0978 e. The summed E-state index contributed by atoms with van der Waals surface area (Å²) >= 11 is 5.79. The predicted molar refractivity (Wildman–Crippen MR) is 52.7 cm³/mol. The lowest BCUT2D eigenvalue weighted by molar-refractivity contribution is 1.25. The zero-order valence-corrected chi connectivity index (χ0v) is 7.67. The second-order valence-electron chi connectivity index (χ2n) is 2.52. The number of amidine groups is 1. The summed E-state index contributed by atoms with van der Waals surface area (Å²) in [5.74, 6) is 0.622. The molecule has 0 aliphatic carbocycles. The van der Waals surface area contributed by atoms with Crippen molar-refractivity contribution < 1.29 is 0 Å². The molecule has 0 atom stereocenters. The molecule has 0 saturated heterocycles. The van der Waals surface area contributed by atoms with Crippen molar-refractivity contribution in [3.05, 3.63) is 34.9 Å². The van der Waals surface area contributed by atoms with Gasteiger partial charge in [-0.2, -0.15) is 0 Å². The predicted octanol–water partition coefficient (Wildman–Crippen LogP) is 1.87. The fourth-order valence-corrected chi connectivity index (χ4v) is 1.15. The second kappa shape index (κ2) is 4.12. The number of aliphatic imine (C=N–C) groups is 1. The summed E-state index contributed by atoms with van der Waals surface area (Å²) in [6, 6.07) is 7.61. The van der Waals surface area contributed by atoms with Gasteiger partial charge in [0.1, 0.15) is 0 Å². The Hall–Kier alpha value is -1.02. The molecule has 1 rings (SSSR count). The molecular weight excluding hydrogens is 172 g/mol. The van der Waals surface area contributed by atoms with Gasteiger partial charge < -0.3 is 5.73 Å². The molecule has 2 N–H and O–H groups in total. The summed E-state index contributed by atoms with van der Waals surface area (Å²) in [5, 5.41) is 0.733. The highest BCUT2D eigenvalue weighted by Crippen LogP contribution is 2.10. The maximum atomic E-state index is 5.79. The van der Waals surface area contributed by atoms with Gasteiger partial charge in [0.2, 0.25) is 0 Å². The van der Waals surface area contributed by atoms with Crippen molar-refractivity contribution in [1.82, 2.24) is 0 Å². The summed E-state index contributed by atoms with van der Waals surface area (Å²) in [4.78, 5) is 3.86. The van der Waals surface area contributed by atoms with E-state index in [1.54, 1.807) is 7.05 Å². The van der Waals surface area contributed by atoms with E-state index in [1.807, 2.05) is 24.3 Å². The third kappa shape index (κ3) is 2.55. The quantitative estimate of drug-likeness (QED) is 0.551. The van der Waals surface area contributed by atoms with Crippen molar-refractivity contribution in [2.24, 2.45) is 10.7 Å². The van der Waals surface area contributed by atoms with Crippen LogP contribution in [0.5, 0.6) is 0 Å². The normalized spacial score (nSPS) is 11.7. The summed E-state index contributed by atoms with van der Waals surface area (Å²) < 4.78 is 0. The molecule has 0 fully saturated rings. The van der Waals surface area contributed by atoms with Gasteiger partial charge in [-0.3, -0.25) is 4.99 Å². The molecule has 0 radical (unpaired) electrons. The number of halogens is 1. The maximum absolute atomic E-state index is 5.79. The molecule has 0 bridgehead atoms. The fourth-order valence-electron chi connectivity index (χ4n) is 0.935. The zero-order chi connectivity index (χ0) is 8.97. The van der Waals surface area contributed by atoms with Gasteiger partial charge in [-0.05, 0) is 17.7 Å². The first-order chi connectivity index (χ1) is 5.72. The van der Waals surface area contributed by atoms with Gasteiger partial charge in [0.05, 0.1) is 5.84 Å². The zero-order valence-electron chi connectivity index (χ0n) is 6.92. The monoisotopic (exact) mass is 182 g/mol. The van der Waals surface area contributed by atoms with Crippen LogP contribution in [0.1, 0.15) is 5.56 Å². The lowest BCUT2D eigenvalue weighted by atomic mass is 10.1. The molecule has 0 amide bonds. The van der Waals surface area contributed by atoms with Crippen molar-refractivity contribution in [3.8, 4) is 0 Å². The van der Waals surface area contributed by atoms with E-state index in [4.69, 9.17) is 17.3 Å². The van der Waals surface area contributed by atoms with Crippen molar-refractivity contribution in [1.29, 1.82) is 0 Å². The average Bonchev–Trinajstić information content (AvgIpc) is 2.04. The Morgan fingerprint density at radius 3 is 2.92 bits per heavy atom. The molecule has 0 saturated carbocycles. The Bertz CT molecular complexity index is 294. The molecule has 0 aliphatic heterocycles. The average molecular weight is 183 g/mol. The van der Waals surface area contributed by atoms with E-state index in [2.05, 4.69) is 4.99 Å². The number of nitrogens with two attached hydrogens (primary N) is 1. The molecule has 1 aromatic carbocycles. The van der Waals surface area contributed by atoms with Gasteiger partial charge in [0.15, 0.2) is 0 Å². The fraction of sp³-hybridized carbons (Fsp3) is 0.222. The Labute approximate surface area is 77.1 Å². The minimum atomic E-state index is 0.622. The van der Waals surface area contributed by atoms with Crippen molar-refractivity contribution in [2.45, 2.75) is 6.42 Å². The van der Waals surface area contributed by atoms with Crippen LogP contribution in [-0.2, 0) is 6.42 Å². The topological polar surface area (TPSA) is 38.4 Å². The molecule has 64 valence electrons. The largest absolute Gasteiger partial charge is 0.387 e. The molecule has 3 heteroatoms. The molecule has 0 unspecified atom stereocenters. The maximum Gasteiger partial charge on any atom is 0.0978 e. The van der Waals surface area contributed by atoms with E-state index < -0.39 is 0 Å². The minimum Gasteiger partial charge on any atom is -0.387 e. The Kier molecular flexibility index (Phi) is 3.11. The van der Waals surface area contributed by atoms with E-state index in [0.29, 0.717) is 12.3 Å². The van der Waals surface area contributed by atoms with Crippen LogP contribution in [-0.4, -0.2) is 12.9 Å². The summed E-state index contributed by atoms with van der Waals surface area (Å²) in [6.07, 6.45) is 0.664. The third-order valence-corrected chi connectivity index (χ3v) is 1.80. The molecule has 1 aromatic rings. The molecule has 2 nitrogen and oxygen atoms in total. The van der Waals surface area contributed by atoms with Gasteiger partial charge in [-0.15, -0.1) is 0 Å². The molecule has 0 heterocycles. The van der Waals surface area contributed by atoms with Crippen molar-refractivity contribution in [2.75, 3.05) is 7.05 Å². The first kappa shape index (κ1) is 9.07. The van der Waals surface area contributed by atoms with Crippen LogP contribution < -0.4 is 5.73 Å². The highest BCUT2D eigenvalue weighted by atomic mass is 35.5. The van der Waals surface area contributed by atoms with Crippen LogP contribution >= 0.6 is 11.6 Å². The first-order valence-corrected chi connectivity index (χ1v) is 4.05. The lowest BCUT2D eigenvalue weighted by Gasteiger charge is -1.99. The number of hydrogen-bond acceptors (Lipinski definition) is 1. The van der Waals surface area contributed by atoms with E-state index in [0.717, 1.165) is 10.6 Å². The third-order valence-electron chi connectivity index (χ3n) is 1.56. The van der Waals surface area contributed by atoms with Gasteiger partial charge in [0.25, 0.3) is 0 Å². The van der Waals surface area contributed by atoms with E-state index >= 15 is 0 Å². The highest BCUT2D eigenvalue weighted by Gasteiger charge is 1.95. The Balaban J connectivity index is 2.76. The Morgan fingerprint density at radius 2 is 2.33 bits per heavy atom. The molecule has 12 heavy (non-hydrogen) atoms. The SMILES string of the molecule is CN=C(N)Cc1cccc(Cl)c1. The summed E-state index contributed by atoms with van der Waals surface area (Å²) in [5.41, 5.74) is 6.65. The molecule has 0 spiro atoms. The standard InChI is InChI=1S/C9H11ClN2/c1-12-9(11)6-7-3-2-4-8(10)5-7/h2-5H,6H2,1H3,(H2,11,12). The van der Waals surface area contributed by atoms with E-state index in [1.165, 1.54) is 0 Å². The number of benzene rings is 1. The summed E-state index contributed by atoms with van der Waals surface area (Å²) in [7, 11) is 1.68. The Morgan fingerprint density at radius 1 is 1.58 bits per heavy atom. The van der Waals surface area contributed by atoms with Crippen molar-refractivity contribution >= 4 is 17.4 Å². The van der Waals surface area contributed by atoms with Gasteiger partial charge in [-0.25, -0.2) is 0 Å². The van der Waals surface area contributed by atoms with Gasteiger partial charge >= 0.3 is 0 Å². The van der Waals surface area contributed by atoms with Gasteiger partial charge in [0, 0.05) is 18.5 Å². The minimum absolute atomic E-state index is 0.622. The second-order valence-corrected chi connectivity index (χ2v) is 2.96. The lowest BCUT2D eigenvalue weighted by Crippen LogP contribution is -2.14.